The normalized spacial score (nSPS) is 21.4. The van der Waals surface area contributed by atoms with Crippen LogP contribution in [0, 0.1) is 6.92 Å². The molecule has 1 aromatic carbocycles. The Morgan fingerprint density at radius 3 is 3.00 bits per heavy atom. The summed E-state index contributed by atoms with van der Waals surface area (Å²) in [6.45, 7) is 1.69. The lowest BCUT2D eigenvalue weighted by atomic mass is 10.0. The molecule has 1 unspecified atom stereocenters. The highest BCUT2D eigenvalue weighted by atomic mass is 19.3. The average molecular weight is 293 g/mol. The summed E-state index contributed by atoms with van der Waals surface area (Å²) in [5, 5.41) is 3.68. The molecule has 1 fully saturated rings. The Balaban J connectivity index is 2.03. The molecule has 1 aliphatic rings. The van der Waals surface area contributed by atoms with Crippen molar-refractivity contribution in [3.63, 3.8) is 0 Å². The third kappa shape index (κ3) is 2.63. The first-order chi connectivity index (χ1) is 9.97. The minimum atomic E-state index is -2.91. The van der Waals surface area contributed by atoms with Gasteiger partial charge in [0.05, 0.1) is 29.1 Å². The molecule has 4 nitrogen and oxygen atoms in total. The van der Waals surface area contributed by atoms with Crippen LogP contribution in [-0.2, 0) is 4.74 Å². The maximum Gasteiger partial charge on any atom is 0.290 e. The molecule has 1 aliphatic heterocycles. The molecule has 0 amide bonds. The summed E-state index contributed by atoms with van der Waals surface area (Å²) in [6, 6.07) is 4.70. The van der Waals surface area contributed by atoms with Crippen molar-refractivity contribution in [1.82, 2.24) is 4.98 Å². The Morgan fingerprint density at radius 1 is 1.43 bits per heavy atom. The second-order valence-electron chi connectivity index (χ2n) is 5.41. The van der Waals surface area contributed by atoms with Crippen LogP contribution in [0.5, 0.6) is 0 Å². The van der Waals surface area contributed by atoms with Gasteiger partial charge in [0.1, 0.15) is 6.61 Å². The van der Waals surface area contributed by atoms with Crippen LogP contribution < -0.4 is 11.1 Å². The number of nitrogens with one attached hydrogen (secondary N) is 1. The van der Waals surface area contributed by atoms with E-state index in [1.807, 2.05) is 25.1 Å². The topological polar surface area (TPSA) is 60.2 Å². The number of nitrogens with zero attached hydrogens (tertiary/aromatic N) is 1. The maximum atomic E-state index is 13.9. The predicted molar refractivity (Wildman–Crippen MR) is 78.7 cm³/mol. The van der Waals surface area contributed by atoms with Crippen LogP contribution >= 0.6 is 0 Å². The Morgan fingerprint density at radius 2 is 2.24 bits per heavy atom. The number of fused-ring (bicyclic) bond motifs is 1. The van der Waals surface area contributed by atoms with Gasteiger partial charge >= 0.3 is 0 Å². The van der Waals surface area contributed by atoms with E-state index in [4.69, 9.17) is 10.5 Å². The number of pyridine rings is 1. The van der Waals surface area contributed by atoms with Crippen molar-refractivity contribution >= 4 is 22.3 Å². The summed E-state index contributed by atoms with van der Waals surface area (Å²) in [4.78, 5) is 4.23. The van der Waals surface area contributed by atoms with E-state index in [9.17, 15) is 8.78 Å². The summed E-state index contributed by atoms with van der Waals surface area (Å²) in [6.07, 6.45) is 1.74. The van der Waals surface area contributed by atoms with Crippen LogP contribution in [0.3, 0.4) is 0 Å². The number of ether oxygens (including phenoxy) is 1. The molecular weight excluding hydrogens is 276 g/mol. The van der Waals surface area contributed by atoms with E-state index < -0.39 is 18.6 Å². The number of alkyl halides is 2. The van der Waals surface area contributed by atoms with Gasteiger partial charge in [-0.1, -0.05) is 11.6 Å². The molecule has 2 aromatic rings. The summed E-state index contributed by atoms with van der Waals surface area (Å²) in [5.41, 5.74) is 8.59. The number of aryl methyl sites for hydroxylation is 1. The molecule has 21 heavy (non-hydrogen) atoms. The molecule has 0 bridgehead atoms. The summed E-state index contributed by atoms with van der Waals surface area (Å²) in [5.74, 6) is -2.91. The first kappa shape index (κ1) is 14.0. The van der Waals surface area contributed by atoms with Gasteiger partial charge in [-0.2, -0.15) is 0 Å². The fraction of sp³-hybridized carbons (Fsp3) is 0.400. The number of hydrogen-bond acceptors (Lipinski definition) is 4. The van der Waals surface area contributed by atoms with Crippen molar-refractivity contribution in [1.29, 1.82) is 0 Å². The molecule has 3 N–H and O–H groups in total. The highest BCUT2D eigenvalue weighted by Gasteiger charge is 2.42. The molecule has 1 saturated heterocycles. The molecule has 3 rings (SSSR count). The van der Waals surface area contributed by atoms with Crippen molar-refractivity contribution < 1.29 is 13.5 Å². The standard InChI is InChI=1S/C15H17F2N3O/c1-9-2-3-12-10(6-9)14(11(18)7-19-12)20-13-4-5-21-8-15(13,16)17/h2-3,6-7,13H,4-5,8,18H2,1H3,(H,19,20). The third-order valence-corrected chi connectivity index (χ3v) is 3.73. The van der Waals surface area contributed by atoms with Crippen LogP contribution in [0.2, 0.25) is 0 Å². The first-order valence-electron chi connectivity index (χ1n) is 6.84. The minimum absolute atomic E-state index is 0.238. The molecule has 112 valence electrons. The first-order valence-corrected chi connectivity index (χ1v) is 6.84. The number of benzene rings is 1. The lowest BCUT2D eigenvalue weighted by molar-refractivity contribution is -0.122. The van der Waals surface area contributed by atoms with E-state index in [0.717, 1.165) is 16.5 Å². The predicted octanol–water partition coefficient (Wildman–Crippen LogP) is 2.96. The second kappa shape index (κ2) is 5.11. The van der Waals surface area contributed by atoms with E-state index in [2.05, 4.69) is 10.3 Å². The fourth-order valence-corrected chi connectivity index (χ4v) is 2.56. The smallest absolute Gasteiger partial charge is 0.290 e. The monoisotopic (exact) mass is 293 g/mol. The number of nitrogens with two attached hydrogens (primary N) is 1. The Bertz CT molecular complexity index is 670. The molecule has 0 spiro atoms. The van der Waals surface area contributed by atoms with Gasteiger partial charge in [0.15, 0.2) is 0 Å². The van der Waals surface area contributed by atoms with Gasteiger partial charge in [-0.05, 0) is 25.5 Å². The zero-order valence-electron chi connectivity index (χ0n) is 11.7. The van der Waals surface area contributed by atoms with E-state index in [0.29, 0.717) is 18.0 Å². The van der Waals surface area contributed by atoms with Gasteiger partial charge in [0.2, 0.25) is 0 Å². The van der Waals surface area contributed by atoms with Crippen LogP contribution in [0.15, 0.2) is 24.4 Å². The molecule has 1 atom stereocenters. The van der Waals surface area contributed by atoms with E-state index >= 15 is 0 Å². The molecule has 0 radical (unpaired) electrons. The van der Waals surface area contributed by atoms with E-state index in [1.165, 1.54) is 6.20 Å². The lowest BCUT2D eigenvalue weighted by Crippen LogP contribution is -2.47. The van der Waals surface area contributed by atoms with Crippen molar-refractivity contribution in [2.45, 2.75) is 25.3 Å². The van der Waals surface area contributed by atoms with Gasteiger partial charge in [-0.25, -0.2) is 8.78 Å². The average Bonchev–Trinajstić information content (AvgIpc) is 2.43. The summed E-state index contributed by atoms with van der Waals surface area (Å²) >= 11 is 0. The third-order valence-electron chi connectivity index (χ3n) is 3.73. The van der Waals surface area contributed by atoms with Gasteiger partial charge in [-0.15, -0.1) is 0 Å². The largest absolute Gasteiger partial charge is 0.396 e. The molecule has 2 heterocycles. The van der Waals surface area contributed by atoms with Crippen LogP contribution in [0.4, 0.5) is 20.2 Å². The second-order valence-corrected chi connectivity index (χ2v) is 5.41. The van der Waals surface area contributed by atoms with Gasteiger partial charge in [-0.3, -0.25) is 4.98 Å². The number of nitrogen functional groups attached to an aromatic ring is 1. The Hall–Kier alpha value is -1.95. The number of aromatic nitrogens is 1. The molecular formula is C15H17F2N3O. The molecule has 0 saturated carbocycles. The lowest BCUT2D eigenvalue weighted by Gasteiger charge is -2.33. The van der Waals surface area contributed by atoms with Gasteiger partial charge in [0, 0.05) is 12.0 Å². The van der Waals surface area contributed by atoms with Crippen LogP contribution in [0.25, 0.3) is 10.9 Å². The van der Waals surface area contributed by atoms with Crippen molar-refractivity contribution in [2.75, 3.05) is 24.3 Å². The van der Waals surface area contributed by atoms with Crippen LogP contribution in [0.1, 0.15) is 12.0 Å². The van der Waals surface area contributed by atoms with Gasteiger partial charge < -0.3 is 15.8 Å². The van der Waals surface area contributed by atoms with Crippen LogP contribution in [-0.4, -0.2) is 30.2 Å². The summed E-state index contributed by atoms with van der Waals surface area (Å²) in [7, 11) is 0. The maximum absolute atomic E-state index is 13.9. The number of rotatable bonds is 2. The van der Waals surface area contributed by atoms with Gasteiger partial charge in [0.25, 0.3) is 5.92 Å². The fourth-order valence-electron chi connectivity index (χ4n) is 2.56. The molecule has 6 heteroatoms. The molecule has 0 aliphatic carbocycles. The zero-order chi connectivity index (χ0) is 15.0. The zero-order valence-corrected chi connectivity index (χ0v) is 11.7. The van der Waals surface area contributed by atoms with Crippen molar-refractivity contribution in [3.8, 4) is 0 Å². The Labute approximate surface area is 121 Å². The molecule has 1 aromatic heterocycles. The van der Waals surface area contributed by atoms with E-state index in [-0.39, 0.29) is 6.42 Å². The Kier molecular flexibility index (Phi) is 3.41. The quantitative estimate of drug-likeness (QED) is 0.893. The summed E-state index contributed by atoms with van der Waals surface area (Å²) < 4.78 is 32.7. The highest BCUT2D eigenvalue weighted by Crippen LogP contribution is 2.34. The minimum Gasteiger partial charge on any atom is -0.396 e. The number of halogens is 2. The number of hydrogen-bond donors (Lipinski definition) is 2. The van der Waals surface area contributed by atoms with Crippen molar-refractivity contribution in [3.05, 3.63) is 30.0 Å². The SMILES string of the molecule is Cc1ccc2ncc(N)c(NC3CCOCC3(F)F)c2c1. The number of anilines is 2. The van der Waals surface area contributed by atoms with Crippen molar-refractivity contribution in [2.24, 2.45) is 0 Å². The van der Waals surface area contributed by atoms with E-state index in [1.54, 1.807) is 0 Å². The highest BCUT2D eigenvalue weighted by molar-refractivity contribution is 5.97.